The molecule has 22 nitrogen and oxygen atoms in total. The molecule has 3 aromatic heterocycles. The van der Waals surface area contributed by atoms with Crippen molar-refractivity contribution in [2.45, 2.75) is 36.5 Å². The van der Waals surface area contributed by atoms with Gasteiger partial charge in [0.2, 0.25) is 11.8 Å². The number of pyridine rings is 2. The van der Waals surface area contributed by atoms with Gasteiger partial charge in [0.05, 0.1) is 24.9 Å². The number of carbonyl (C=O) groups is 6. The number of amides is 8. The Kier molecular flexibility index (Phi) is 17.2. The maximum Gasteiger partial charge on any atom is 0.320 e. The Morgan fingerprint density at radius 2 is 1.14 bits per heavy atom. The second-order valence-electron chi connectivity index (χ2n) is 19.4. The first-order valence-corrected chi connectivity index (χ1v) is 27.6. The number of hydrogen-bond acceptors (Lipinski definition) is 16. The first kappa shape index (κ1) is 54.7. The minimum Gasteiger partial charge on any atom is -0.496 e. The fourth-order valence-corrected chi connectivity index (χ4v) is 12.8. The molecule has 10 rings (SSSR count). The van der Waals surface area contributed by atoms with Gasteiger partial charge in [-0.2, -0.15) is 0 Å². The lowest BCUT2D eigenvalue weighted by atomic mass is 9.83. The summed E-state index contributed by atoms with van der Waals surface area (Å²) >= 11 is 2.89. The molecular weight excluding hydrogens is 1040 g/mol. The van der Waals surface area contributed by atoms with E-state index in [-0.39, 0.29) is 29.5 Å². The molecule has 2 aromatic carbocycles. The molecule has 0 radical (unpaired) electrons. The number of benzene rings is 2. The van der Waals surface area contributed by atoms with Crippen LogP contribution in [0.5, 0.6) is 11.5 Å². The molecule has 0 aliphatic carbocycles. The topological polar surface area (TPSA) is 281 Å². The summed E-state index contributed by atoms with van der Waals surface area (Å²) < 4.78 is 10.9. The van der Waals surface area contributed by atoms with Gasteiger partial charge >= 0.3 is 12.1 Å². The molecule has 4 saturated heterocycles. The van der Waals surface area contributed by atoms with Gasteiger partial charge in [-0.1, -0.05) is 23.9 Å². The van der Waals surface area contributed by atoms with Gasteiger partial charge in [0.25, 0.3) is 11.8 Å². The Morgan fingerprint density at radius 1 is 0.628 bits per heavy atom. The number of aromatic nitrogens is 3. The average molecular weight is 1100 g/mol. The van der Waals surface area contributed by atoms with Gasteiger partial charge in [-0.05, 0) is 92.3 Å². The Bertz CT molecular complexity index is 3010. The molecule has 1 atom stereocenters. The van der Waals surface area contributed by atoms with E-state index in [1.54, 1.807) is 54.6 Å². The maximum absolute atomic E-state index is 13.4. The summed E-state index contributed by atoms with van der Waals surface area (Å²) in [4.78, 5) is 99.7. The molecule has 4 fully saturated rings. The minimum atomic E-state index is -0.801. The van der Waals surface area contributed by atoms with Gasteiger partial charge in [0.15, 0.2) is 0 Å². The highest BCUT2D eigenvalue weighted by Gasteiger charge is 2.48. The van der Waals surface area contributed by atoms with Crippen LogP contribution in [0.1, 0.15) is 73.4 Å². The van der Waals surface area contributed by atoms with Crippen LogP contribution in [-0.4, -0.2) is 163 Å². The van der Waals surface area contributed by atoms with Crippen molar-refractivity contribution in [1.29, 1.82) is 0 Å². The Hall–Kier alpha value is -8.12. The van der Waals surface area contributed by atoms with Crippen LogP contribution in [0, 0.1) is 5.92 Å². The molecule has 5 aliphatic heterocycles. The third-order valence-corrected chi connectivity index (χ3v) is 17.2. The number of thiazole rings is 1. The number of rotatable bonds is 12. The number of ether oxygens (including phenoxy) is 2. The first-order valence-electron chi connectivity index (χ1n) is 25.8. The summed E-state index contributed by atoms with van der Waals surface area (Å²) in [7, 11) is 3.04. The van der Waals surface area contributed by atoms with E-state index in [0.29, 0.717) is 105 Å². The molecule has 0 saturated carbocycles. The van der Waals surface area contributed by atoms with Gasteiger partial charge in [-0.15, -0.1) is 11.3 Å². The van der Waals surface area contributed by atoms with E-state index in [1.807, 2.05) is 56.0 Å². The number of piperazine rings is 2. The zero-order valence-corrected chi connectivity index (χ0v) is 45.2. The van der Waals surface area contributed by atoms with Crippen LogP contribution in [0.4, 0.5) is 26.9 Å². The lowest BCUT2D eigenvalue weighted by Crippen LogP contribution is -2.55. The number of carbonyl (C=O) groups excluding carboxylic acids is 6. The molecule has 1 unspecified atom stereocenters. The van der Waals surface area contributed by atoms with Crippen molar-refractivity contribution in [3.8, 4) is 11.5 Å². The number of urea groups is 2. The highest BCUT2D eigenvalue weighted by molar-refractivity contribution is 8.03. The minimum absolute atomic E-state index is 0.0117. The normalized spacial score (nSPS) is 19.0. The summed E-state index contributed by atoms with van der Waals surface area (Å²) in [5.74, 6) is 0.956. The number of methoxy groups -OCH3 is 2. The van der Waals surface area contributed by atoms with E-state index in [4.69, 9.17) is 26.7 Å². The lowest BCUT2D eigenvalue weighted by molar-refractivity contribution is -0.115. The second-order valence-corrected chi connectivity index (χ2v) is 21.4. The highest BCUT2D eigenvalue weighted by atomic mass is 32.2. The molecule has 8 amide bonds. The zero-order chi connectivity index (χ0) is 54.9. The molecule has 24 heteroatoms. The molecule has 8 N–H and O–H groups in total. The molecular formula is C54H64N14O8S2. The Balaban J connectivity index is 0.000000190. The van der Waals surface area contributed by atoms with E-state index < -0.39 is 28.5 Å². The number of nitrogens with two attached hydrogens (primary N) is 3. The van der Waals surface area contributed by atoms with Crippen LogP contribution in [0.3, 0.4) is 0 Å². The van der Waals surface area contributed by atoms with Crippen LogP contribution in [0.15, 0.2) is 102 Å². The third-order valence-electron chi connectivity index (χ3n) is 14.8. The number of hydrogen-bond donors (Lipinski definition) is 5. The summed E-state index contributed by atoms with van der Waals surface area (Å²) in [5.41, 5.74) is 18.8. The van der Waals surface area contributed by atoms with E-state index in [1.165, 1.54) is 42.3 Å². The highest BCUT2D eigenvalue weighted by Crippen LogP contribution is 2.52. The fourth-order valence-electron chi connectivity index (χ4n) is 10.5. The van der Waals surface area contributed by atoms with E-state index in [9.17, 15) is 28.8 Å². The summed E-state index contributed by atoms with van der Waals surface area (Å²) in [5, 5.41) is 10.5. The van der Waals surface area contributed by atoms with Crippen molar-refractivity contribution in [3.05, 3.63) is 129 Å². The number of primary amides is 3. The molecule has 78 heavy (non-hydrogen) atoms. The predicted octanol–water partition coefficient (Wildman–Crippen LogP) is 4.68. The third kappa shape index (κ3) is 12.2. The Morgan fingerprint density at radius 3 is 1.63 bits per heavy atom. The lowest BCUT2D eigenvalue weighted by Gasteiger charge is -2.45. The number of likely N-dealkylation sites (tertiary alicyclic amines) is 2. The van der Waals surface area contributed by atoms with Crippen molar-refractivity contribution in [2.24, 2.45) is 23.1 Å². The largest absolute Gasteiger partial charge is 0.496 e. The predicted molar refractivity (Wildman–Crippen MR) is 297 cm³/mol. The van der Waals surface area contributed by atoms with Gasteiger partial charge in [-0.3, -0.25) is 19.2 Å². The molecule has 8 heterocycles. The molecule has 0 spiro atoms. The van der Waals surface area contributed by atoms with Crippen molar-refractivity contribution < 1.29 is 38.2 Å². The number of piperidine rings is 2. The SMILES string of the molecule is COc1ccc(C(N)=O)cc1C1(C2CCN(C(=O)N3CCN(c4ccccn4)CC3)CC2)NC(C(N)=O)=CS1.COc1ccc(C(N)=O)cc1NC(=O)c1csc(C2CCN(C(=O)N3CCN(c4ccccn4)CC3)CC2)n1. The van der Waals surface area contributed by atoms with E-state index in [0.717, 1.165) is 55.7 Å². The maximum atomic E-state index is 13.4. The molecule has 410 valence electrons. The number of anilines is 3. The number of nitrogens with one attached hydrogen (secondary N) is 2. The smallest absolute Gasteiger partial charge is 0.320 e. The van der Waals surface area contributed by atoms with Crippen molar-refractivity contribution in [3.63, 3.8) is 0 Å². The van der Waals surface area contributed by atoms with E-state index in [2.05, 4.69) is 35.4 Å². The quantitative estimate of drug-likeness (QED) is 0.113. The molecule has 5 aromatic rings. The average Bonchev–Trinajstić information content (AvgIpc) is 4.36. The van der Waals surface area contributed by atoms with Crippen LogP contribution in [0.2, 0.25) is 0 Å². The van der Waals surface area contributed by atoms with Gasteiger partial charge in [0, 0.05) is 124 Å². The van der Waals surface area contributed by atoms with Gasteiger partial charge in [0.1, 0.15) is 39.4 Å². The van der Waals surface area contributed by atoms with Crippen molar-refractivity contribution in [1.82, 2.24) is 39.9 Å². The summed E-state index contributed by atoms with van der Waals surface area (Å²) in [6.45, 7) is 8.07. The summed E-state index contributed by atoms with van der Waals surface area (Å²) in [6.07, 6.45) is 6.53. The summed E-state index contributed by atoms with van der Waals surface area (Å²) in [6, 6.07) is 21.5. The standard InChI is InChI=1S/C27H31N7O4S.C27H33N7O4S/c1-38-22-6-5-19(24(28)35)16-20(22)30-25(36)21-17-39-26(31-21)18-7-10-33(11-8-18)27(37)34-14-12-32(13-15-34)23-4-2-3-9-29-23;1-38-22-6-5-18(24(28)35)16-20(22)27(31-21(17-39-27)25(29)36)19-7-10-33(11-8-19)26(37)34-14-12-32(13-15-34)23-4-2-3-9-30-23/h2-6,9,16-18H,7-8,10-15H2,1H3,(H2,28,35)(H,30,36);2-6,9,16-17,19,31H,7-8,10-15H2,1H3,(H2,28,35)(H2,29,36). The fraction of sp³-hybridized carbons (Fsp3) is 0.389. The van der Waals surface area contributed by atoms with Crippen molar-refractivity contribution >= 4 is 76.1 Å². The van der Waals surface area contributed by atoms with Gasteiger partial charge in [-0.25, -0.2) is 24.5 Å². The molecule has 5 aliphatic rings. The number of thioether (sulfide) groups is 1. The van der Waals surface area contributed by atoms with Crippen molar-refractivity contribution in [2.75, 3.05) is 108 Å². The van der Waals surface area contributed by atoms with Crippen LogP contribution in [0.25, 0.3) is 0 Å². The van der Waals surface area contributed by atoms with Crippen LogP contribution >= 0.6 is 23.1 Å². The first-order chi connectivity index (χ1) is 37.7. The Labute approximate surface area is 460 Å². The van der Waals surface area contributed by atoms with Crippen LogP contribution in [-0.2, 0) is 9.67 Å². The van der Waals surface area contributed by atoms with Crippen LogP contribution < -0.4 is 47.1 Å². The van der Waals surface area contributed by atoms with Gasteiger partial charge < -0.3 is 66.7 Å². The zero-order valence-electron chi connectivity index (χ0n) is 43.5. The number of nitrogens with zero attached hydrogens (tertiary/aromatic N) is 9. The second kappa shape index (κ2) is 24.5. The monoisotopic (exact) mass is 1100 g/mol. The van der Waals surface area contributed by atoms with E-state index >= 15 is 0 Å². The molecule has 0 bridgehead atoms.